The second-order valence-electron chi connectivity index (χ2n) is 7.10. The molecule has 0 radical (unpaired) electrons. The average Bonchev–Trinajstić information content (AvgIpc) is 3.03. The summed E-state index contributed by atoms with van der Waals surface area (Å²) in [6, 6.07) is 18.2. The Balaban J connectivity index is 1.47. The van der Waals surface area contributed by atoms with Gasteiger partial charge in [-0.1, -0.05) is 30.3 Å². The highest BCUT2D eigenvalue weighted by molar-refractivity contribution is 9.10. The molecule has 160 valence electrons. The fourth-order valence-electron chi connectivity index (χ4n) is 3.36. The number of amides is 3. The molecule has 0 aliphatic carbocycles. The number of nitrogens with zero attached hydrogens (tertiary/aromatic N) is 1. The first-order chi connectivity index (χ1) is 15.4. The zero-order chi connectivity index (χ0) is 22.8. The number of halogens is 1. The van der Waals surface area contributed by atoms with E-state index in [1.807, 2.05) is 6.07 Å². The Morgan fingerprint density at radius 1 is 0.938 bits per heavy atom. The van der Waals surface area contributed by atoms with E-state index in [0.717, 1.165) is 10.5 Å². The number of aryl methyl sites for hydroxylation is 1. The number of benzene rings is 3. The third kappa shape index (κ3) is 4.04. The second-order valence-corrected chi connectivity index (χ2v) is 7.95. The van der Waals surface area contributed by atoms with Crippen molar-refractivity contribution in [1.82, 2.24) is 0 Å². The van der Waals surface area contributed by atoms with Gasteiger partial charge in [-0.2, -0.15) is 0 Å². The lowest BCUT2D eigenvalue weighted by Crippen LogP contribution is -2.29. The molecule has 0 aromatic heterocycles. The van der Waals surface area contributed by atoms with Gasteiger partial charge in [-0.3, -0.25) is 14.4 Å². The molecule has 0 saturated carbocycles. The monoisotopic (exact) mass is 492 g/mol. The molecule has 1 aliphatic heterocycles. The summed E-state index contributed by atoms with van der Waals surface area (Å²) < 4.78 is 5.77. The molecule has 3 amide bonds. The molecule has 0 saturated heterocycles. The summed E-state index contributed by atoms with van der Waals surface area (Å²) in [5, 5.41) is 2.63. The molecule has 0 bridgehead atoms. The first kappa shape index (κ1) is 21.5. The van der Waals surface area contributed by atoms with Crippen molar-refractivity contribution in [2.75, 3.05) is 16.8 Å². The van der Waals surface area contributed by atoms with Crippen molar-refractivity contribution in [2.45, 2.75) is 6.92 Å². The maximum absolute atomic E-state index is 12.9. The minimum atomic E-state index is -0.773. The van der Waals surface area contributed by atoms with Crippen LogP contribution in [0.15, 0.2) is 71.2 Å². The Morgan fingerprint density at radius 2 is 1.62 bits per heavy atom. The van der Waals surface area contributed by atoms with E-state index in [2.05, 4.69) is 21.2 Å². The van der Waals surface area contributed by atoms with Crippen LogP contribution in [0, 0.1) is 6.92 Å². The highest BCUT2D eigenvalue weighted by Crippen LogP contribution is 2.31. The third-order valence-electron chi connectivity index (χ3n) is 4.96. The van der Waals surface area contributed by atoms with Gasteiger partial charge in [-0.25, -0.2) is 9.69 Å². The number of imide groups is 1. The molecule has 8 heteroatoms. The normalized spacial score (nSPS) is 12.5. The van der Waals surface area contributed by atoms with E-state index in [4.69, 9.17) is 4.74 Å². The van der Waals surface area contributed by atoms with Gasteiger partial charge in [0.1, 0.15) is 0 Å². The highest BCUT2D eigenvalue weighted by atomic mass is 79.9. The van der Waals surface area contributed by atoms with Crippen LogP contribution in [0.4, 0.5) is 11.4 Å². The smallest absolute Gasteiger partial charge is 0.338 e. The van der Waals surface area contributed by atoms with Gasteiger partial charge >= 0.3 is 5.97 Å². The molecule has 32 heavy (non-hydrogen) atoms. The number of hydrogen-bond acceptors (Lipinski definition) is 5. The molecular weight excluding hydrogens is 476 g/mol. The Labute approximate surface area is 192 Å². The molecule has 0 unspecified atom stereocenters. The minimum absolute atomic E-state index is 0.0743. The predicted octanol–water partition coefficient (Wildman–Crippen LogP) is 4.35. The Hall–Kier alpha value is -3.78. The number of esters is 1. The average molecular weight is 493 g/mol. The van der Waals surface area contributed by atoms with Crippen LogP contribution in [0.1, 0.15) is 36.6 Å². The molecule has 0 fully saturated rings. The molecule has 3 aromatic rings. The van der Waals surface area contributed by atoms with Crippen LogP contribution in [0.2, 0.25) is 0 Å². The first-order valence-corrected chi connectivity index (χ1v) is 10.5. The number of rotatable bonds is 5. The van der Waals surface area contributed by atoms with Crippen molar-refractivity contribution >= 4 is 51.0 Å². The van der Waals surface area contributed by atoms with Crippen molar-refractivity contribution in [3.8, 4) is 0 Å². The number of carbonyl (C=O) groups is 4. The maximum Gasteiger partial charge on any atom is 0.338 e. The number of ether oxygens (including phenoxy) is 1. The van der Waals surface area contributed by atoms with Gasteiger partial charge in [-0.05, 0) is 64.8 Å². The zero-order valence-corrected chi connectivity index (χ0v) is 18.5. The number of anilines is 2. The summed E-state index contributed by atoms with van der Waals surface area (Å²) in [6.45, 7) is 1.31. The fraction of sp³-hybridized carbons (Fsp3) is 0.0833. The summed E-state index contributed by atoms with van der Waals surface area (Å²) >= 11 is 3.32. The lowest BCUT2D eigenvalue weighted by molar-refractivity contribution is -0.119. The van der Waals surface area contributed by atoms with E-state index in [-0.39, 0.29) is 16.7 Å². The van der Waals surface area contributed by atoms with E-state index >= 15 is 0 Å². The van der Waals surface area contributed by atoms with Crippen LogP contribution in [0.25, 0.3) is 0 Å². The quantitative estimate of drug-likeness (QED) is 0.422. The second kappa shape index (κ2) is 8.76. The minimum Gasteiger partial charge on any atom is -0.452 e. The molecule has 0 atom stereocenters. The molecular formula is C24H17BrN2O5. The summed E-state index contributed by atoms with van der Waals surface area (Å²) in [6.07, 6.45) is 0. The molecule has 1 aliphatic rings. The summed E-state index contributed by atoms with van der Waals surface area (Å²) in [7, 11) is 0. The largest absolute Gasteiger partial charge is 0.452 e. The van der Waals surface area contributed by atoms with Gasteiger partial charge < -0.3 is 10.1 Å². The summed E-state index contributed by atoms with van der Waals surface area (Å²) in [4.78, 5) is 51.3. The van der Waals surface area contributed by atoms with Crippen LogP contribution in [0.3, 0.4) is 0 Å². The molecule has 7 nitrogen and oxygen atoms in total. The summed E-state index contributed by atoms with van der Waals surface area (Å²) in [5.74, 6) is -2.25. The van der Waals surface area contributed by atoms with E-state index in [9.17, 15) is 19.2 Å². The number of hydrogen-bond donors (Lipinski definition) is 1. The maximum atomic E-state index is 12.9. The van der Waals surface area contributed by atoms with E-state index in [1.165, 1.54) is 18.2 Å². The van der Waals surface area contributed by atoms with Crippen LogP contribution in [-0.2, 0) is 9.53 Å². The highest BCUT2D eigenvalue weighted by Gasteiger charge is 2.37. The van der Waals surface area contributed by atoms with E-state index in [1.54, 1.807) is 49.4 Å². The molecule has 3 aromatic carbocycles. The first-order valence-electron chi connectivity index (χ1n) is 9.67. The Kier molecular flexibility index (Phi) is 5.87. The lowest BCUT2D eigenvalue weighted by atomic mass is 10.1. The number of fused-ring (bicyclic) bond motifs is 1. The molecule has 1 N–H and O–H groups in total. The van der Waals surface area contributed by atoms with Crippen LogP contribution in [0.5, 0.6) is 0 Å². The van der Waals surface area contributed by atoms with Gasteiger partial charge in [0.05, 0.1) is 28.1 Å². The van der Waals surface area contributed by atoms with Crippen molar-refractivity contribution in [3.63, 3.8) is 0 Å². The van der Waals surface area contributed by atoms with Crippen LogP contribution in [-0.4, -0.2) is 30.3 Å². The number of nitrogens with one attached hydrogen (secondary N) is 1. The number of para-hydroxylation sites is 2. The van der Waals surface area contributed by atoms with Crippen molar-refractivity contribution in [3.05, 3.63) is 93.5 Å². The third-order valence-corrected chi connectivity index (χ3v) is 5.65. The molecule has 4 rings (SSSR count). The number of carbonyl (C=O) groups excluding carboxylic acids is 4. The van der Waals surface area contributed by atoms with Crippen LogP contribution < -0.4 is 10.2 Å². The Bertz CT molecular complexity index is 1270. The van der Waals surface area contributed by atoms with Gasteiger partial charge in [0.25, 0.3) is 17.7 Å². The predicted molar refractivity (Wildman–Crippen MR) is 122 cm³/mol. The van der Waals surface area contributed by atoms with Crippen molar-refractivity contribution < 1.29 is 23.9 Å². The van der Waals surface area contributed by atoms with Crippen molar-refractivity contribution in [2.24, 2.45) is 0 Å². The summed E-state index contributed by atoms with van der Waals surface area (Å²) in [5.41, 5.74) is 2.22. The van der Waals surface area contributed by atoms with Crippen LogP contribution >= 0.6 is 15.9 Å². The van der Waals surface area contributed by atoms with E-state index < -0.39 is 30.3 Å². The SMILES string of the molecule is Cc1ccccc1N1C(=O)c2ccc(C(=O)OCC(=O)Nc3ccccc3Br)cc2C1=O. The zero-order valence-electron chi connectivity index (χ0n) is 16.9. The molecule has 1 heterocycles. The fourth-order valence-corrected chi connectivity index (χ4v) is 3.75. The van der Waals surface area contributed by atoms with Gasteiger partial charge in [0.2, 0.25) is 0 Å². The van der Waals surface area contributed by atoms with Gasteiger partial charge in [0.15, 0.2) is 6.61 Å². The standard InChI is InChI=1S/C24H17BrN2O5/c1-14-6-2-5-9-20(14)27-22(29)16-11-10-15(12-17(16)23(27)30)24(31)32-13-21(28)26-19-8-4-3-7-18(19)25/h2-12H,13H2,1H3,(H,26,28). The van der Waals surface area contributed by atoms with E-state index in [0.29, 0.717) is 15.8 Å². The van der Waals surface area contributed by atoms with Gasteiger partial charge in [0, 0.05) is 4.47 Å². The van der Waals surface area contributed by atoms with Gasteiger partial charge in [-0.15, -0.1) is 0 Å². The Morgan fingerprint density at radius 3 is 2.38 bits per heavy atom. The molecule has 0 spiro atoms. The topological polar surface area (TPSA) is 92.8 Å². The van der Waals surface area contributed by atoms with Crippen molar-refractivity contribution in [1.29, 1.82) is 0 Å². The lowest BCUT2D eigenvalue weighted by Gasteiger charge is -2.16.